The van der Waals surface area contributed by atoms with E-state index in [-0.39, 0.29) is 23.1 Å². The Kier molecular flexibility index (Phi) is 6.33. The zero-order valence-electron chi connectivity index (χ0n) is 16.6. The molecule has 29 heavy (non-hydrogen) atoms. The number of sulfone groups is 1. The molecule has 1 atom stereocenters. The van der Waals surface area contributed by atoms with E-state index in [1.54, 1.807) is 12.1 Å². The molecule has 0 aliphatic carbocycles. The van der Waals surface area contributed by atoms with E-state index in [0.29, 0.717) is 23.5 Å². The molecule has 2 N–H and O–H groups in total. The van der Waals surface area contributed by atoms with Crippen molar-refractivity contribution in [1.29, 1.82) is 0 Å². The second kappa shape index (κ2) is 8.59. The topological polar surface area (TPSA) is 92.3 Å². The van der Waals surface area contributed by atoms with Crippen LogP contribution in [0.1, 0.15) is 30.9 Å². The predicted octanol–water partition coefficient (Wildman–Crippen LogP) is 3.93. The van der Waals surface area contributed by atoms with Gasteiger partial charge in [-0.15, -0.1) is 11.8 Å². The third-order valence-corrected chi connectivity index (χ3v) is 8.10. The molecule has 0 bridgehead atoms. The van der Waals surface area contributed by atoms with Crippen molar-refractivity contribution in [3.63, 3.8) is 0 Å². The summed E-state index contributed by atoms with van der Waals surface area (Å²) in [6.07, 6.45) is 0.227. The smallest absolute Gasteiger partial charge is 0.225 e. The lowest BCUT2D eigenvalue weighted by atomic mass is 10.1. The van der Waals surface area contributed by atoms with Gasteiger partial charge in [0.25, 0.3) is 0 Å². The summed E-state index contributed by atoms with van der Waals surface area (Å²) < 4.78 is 26.0. The SMILES string of the molecule is Cc1cccc(C)c1NC(=O)CC(C)S(=O)(=O)c1ccc2c(c1)NC(=O)CCS2. The van der Waals surface area contributed by atoms with Gasteiger partial charge in [-0.05, 0) is 50.1 Å². The minimum Gasteiger partial charge on any atom is -0.326 e. The van der Waals surface area contributed by atoms with Crippen molar-refractivity contribution < 1.29 is 18.0 Å². The lowest BCUT2D eigenvalue weighted by Crippen LogP contribution is -2.25. The van der Waals surface area contributed by atoms with Gasteiger partial charge in [0.1, 0.15) is 0 Å². The Hall–Kier alpha value is -2.32. The molecule has 2 amide bonds. The van der Waals surface area contributed by atoms with Crippen molar-refractivity contribution in [1.82, 2.24) is 0 Å². The molecule has 0 saturated heterocycles. The Morgan fingerprint density at radius 3 is 2.59 bits per heavy atom. The number of hydrogen-bond donors (Lipinski definition) is 2. The molecule has 8 heteroatoms. The summed E-state index contributed by atoms with van der Waals surface area (Å²) in [4.78, 5) is 25.2. The second-order valence-electron chi connectivity index (χ2n) is 7.18. The molecular formula is C21H24N2O4S2. The number of amides is 2. The molecule has 0 spiro atoms. The van der Waals surface area contributed by atoms with Crippen LogP contribution in [0.4, 0.5) is 11.4 Å². The Labute approximate surface area is 175 Å². The number of anilines is 2. The van der Waals surface area contributed by atoms with Gasteiger partial charge in [-0.2, -0.15) is 0 Å². The summed E-state index contributed by atoms with van der Waals surface area (Å²) >= 11 is 1.51. The van der Waals surface area contributed by atoms with Crippen molar-refractivity contribution >= 4 is 44.8 Å². The van der Waals surface area contributed by atoms with Crippen LogP contribution in [0.25, 0.3) is 0 Å². The van der Waals surface area contributed by atoms with Crippen LogP contribution in [0, 0.1) is 13.8 Å². The van der Waals surface area contributed by atoms with Crippen LogP contribution in [-0.2, 0) is 19.4 Å². The maximum Gasteiger partial charge on any atom is 0.225 e. The molecule has 0 aromatic heterocycles. The molecular weight excluding hydrogens is 408 g/mol. The first-order valence-corrected chi connectivity index (χ1v) is 11.9. The number of para-hydroxylation sites is 1. The first-order valence-electron chi connectivity index (χ1n) is 9.35. The fourth-order valence-corrected chi connectivity index (χ4v) is 5.49. The average molecular weight is 433 g/mol. The molecule has 2 aromatic carbocycles. The molecule has 3 rings (SSSR count). The van der Waals surface area contributed by atoms with Gasteiger partial charge in [0, 0.05) is 29.2 Å². The van der Waals surface area contributed by atoms with E-state index in [0.717, 1.165) is 16.0 Å². The molecule has 2 aromatic rings. The maximum absolute atomic E-state index is 13.0. The van der Waals surface area contributed by atoms with Crippen molar-refractivity contribution in [2.24, 2.45) is 0 Å². The summed E-state index contributed by atoms with van der Waals surface area (Å²) in [6.45, 7) is 5.31. The van der Waals surface area contributed by atoms with Gasteiger partial charge in [-0.25, -0.2) is 8.42 Å². The standard InChI is InChI=1S/C21H24N2O4S2/c1-13-5-4-6-14(2)21(13)23-20(25)11-15(3)29(26,27)16-7-8-18-17(12-16)22-19(24)9-10-28-18/h4-8,12,15H,9-11H2,1-3H3,(H,22,24)(H,23,25). The molecule has 1 heterocycles. The number of nitrogens with one attached hydrogen (secondary N) is 2. The molecule has 6 nitrogen and oxygen atoms in total. The van der Waals surface area contributed by atoms with E-state index in [4.69, 9.17) is 0 Å². The number of rotatable bonds is 5. The highest BCUT2D eigenvalue weighted by Gasteiger charge is 2.27. The highest BCUT2D eigenvalue weighted by atomic mass is 32.2. The monoisotopic (exact) mass is 432 g/mol. The van der Waals surface area contributed by atoms with Crippen LogP contribution in [0.3, 0.4) is 0 Å². The van der Waals surface area contributed by atoms with Crippen LogP contribution in [-0.4, -0.2) is 31.2 Å². The van der Waals surface area contributed by atoms with E-state index in [9.17, 15) is 18.0 Å². The molecule has 154 valence electrons. The van der Waals surface area contributed by atoms with Crippen LogP contribution < -0.4 is 10.6 Å². The highest BCUT2D eigenvalue weighted by Crippen LogP contribution is 2.33. The largest absolute Gasteiger partial charge is 0.326 e. The Bertz CT molecular complexity index is 1040. The van der Waals surface area contributed by atoms with Gasteiger partial charge in [-0.3, -0.25) is 9.59 Å². The second-order valence-corrected chi connectivity index (χ2v) is 10.7. The van der Waals surface area contributed by atoms with Gasteiger partial charge < -0.3 is 10.6 Å². The molecule has 1 unspecified atom stereocenters. The summed E-state index contributed by atoms with van der Waals surface area (Å²) in [5, 5.41) is 4.69. The summed E-state index contributed by atoms with van der Waals surface area (Å²) in [5.41, 5.74) is 3.07. The van der Waals surface area contributed by atoms with Crippen LogP contribution in [0.2, 0.25) is 0 Å². The number of benzene rings is 2. The molecule has 0 fully saturated rings. The number of thioether (sulfide) groups is 1. The quantitative estimate of drug-likeness (QED) is 0.747. The van der Waals surface area contributed by atoms with Crippen LogP contribution >= 0.6 is 11.8 Å². The zero-order chi connectivity index (χ0) is 21.2. The van der Waals surface area contributed by atoms with Crippen LogP contribution in [0.15, 0.2) is 46.2 Å². The minimum atomic E-state index is -3.73. The summed E-state index contributed by atoms with van der Waals surface area (Å²) in [6, 6.07) is 10.4. The van der Waals surface area contributed by atoms with Crippen molar-refractivity contribution in [2.45, 2.75) is 48.7 Å². The molecule has 1 aliphatic heterocycles. The third kappa shape index (κ3) is 4.82. The molecule has 1 aliphatic rings. The Morgan fingerprint density at radius 1 is 1.21 bits per heavy atom. The number of aryl methyl sites for hydroxylation is 2. The number of hydrogen-bond acceptors (Lipinski definition) is 5. The number of carbonyl (C=O) groups is 2. The van der Waals surface area contributed by atoms with E-state index in [2.05, 4.69) is 10.6 Å². The van der Waals surface area contributed by atoms with Crippen molar-refractivity contribution in [3.05, 3.63) is 47.5 Å². The Balaban J connectivity index is 1.77. The zero-order valence-corrected chi connectivity index (χ0v) is 18.2. The van der Waals surface area contributed by atoms with E-state index < -0.39 is 15.1 Å². The number of carbonyl (C=O) groups excluding carboxylic acids is 2. The van der Waals surface area contributed by atoms with E-state index in [1.807, 2.05) is 32.0 Å². The normalized spacial score (nSPS) is 15.1. The lowest BCUT2D eigenvalue weighted by molar-refractivity contribution is -0.116. The van der Waals surface area contributed by atoms with Gasteiger partial charge >= 0.3 is 0 Å². The van der Waals surface area contributed by atoms with Gasteiger partial charge in [-0.1, -0.05) is 18.2 Å². The molecule has 0 radical (unpaired) electrons. The summed E-state index contributed by atoms with van der Waals surface area (Å²) in [5.74, 6) is 0.170. The van der Waals surface area contributed by atoms with Gasteiger partial charge in [0.15, 0.2) is 9.84 Å². The first kappa shape index (κ1) is 21.4. The first-order chi connectivity index (χ1) is 13.7. The highest BCUT2D eigenvalue weighted by molar-refractivity contribution is 7.99. The third-order valence-electron chi connectivity index (χ3n) is 4.89. The van der Waals surface area contributed by atoms with Crippen molar-refractivity contribution in [2.75, 3.05) is 16.4 Å². The van der Waals surface area contributed by atoms with Crippen molar-refractivity contribution in [3.8, 4) is 0 Å². The summed E-state index contributed by atoms with van der Waals surface area (Å²) in [7, 11) is -3.73. The average Bonchev–Trinajstić information content (AvgIpc) is 2.84. The number of fused-ring (bicyclic) bond motifs is 1. The minimum absolute atomic E-state index is 0.103. The van der Waals surface area contributed by atoms with E-state index >= 15 is 0 Å². The fourth-order valence-electron chi connectivity index (χ4n) is 3.18. The Morgan fingerprint density at radius 2 is 1.90 bits per heavy atom. The van der Waals surface area contributed by atoms with E-state index in [1.165, 1.54) is 24.8 Å². The van der Waals surface area contributed by atoms with Crippen LogP contribution in [0.5, 0.6) is 0 Å². The van der Waals surface area contributed by atoms with Gasteiger partial charge in [0.05, 0.1) is 15.8 Å². The predicted molar refractivity (Wildman–Crippen MR) is 116 cm³/mol. The van der Waals surface area contributed by atoms with Gasteiger partial charge in [0.2, 0.25) is 11.8 Å². The fraction of sp³-hybridized carbons (Fsp3) is 0.333. The maximum atomic E-state index is 13.0. The lowest BCUT2D eigenvalue weighted by Gasteiger charge is -2.16. The molecule has 0 saturated carbocycles.